The average Bonchev–Trinajstić information content (AvgIpc) is 2.86. The minimum absolute atomic E-state index is 0.104. The van der Waals surface area contributed by atoms with Gasteiger partial charge in [-0.25, -0.2) is 10.4 Å². The topological polar surface area (TPSA) is 50.9 Å². The number of hydrogen-bond donors (Lipinski definition) is 2. The predicted octanol–water partition coefficient (Wildman–Crippen LogP) is 3.92. The highest BCUT2D eigenvalue weighted by Crippen LogP contribution is 2.32. The van der Waals surface area contributed by atoms with Crippen LogP contribution in [0.4, 0.5) is 0 Å². The third kappa shape index (κ3) is 2.50. The summed E-state index contributed by atoms with van der Waals surface area (Å²) in [4.78, 5) is 7.17. The number of benzene rings is 1. The molecule has 20 heavy (non-hydrogen) atoms. The highest BCUT2D eigenvalue weighted by Gasteiger charge is 2.19. The summed E-state index contributed by atoms with van der Waals surface area (Å²) in [6.07, 6.45) is 0. The maximum atomic E-state index is 5.75. The average molecular weight is 348 g/mol. The molecule has 1 aromatic carbocycles. The number of pyridine rings is 1. The van der Waals surface area contributed by atoms with Gasteiger partial charge in [-0.2, -0.15) is 0 Å². The van der Waals surface area contributed by atoms with E-state index in [4.69, 9.17) is 10.8 Å². The predicted molar refractivity (Wildman–Crippen MR) is 87.7 cm³/mol. The molecule has 0 saturated carbocycles. The first-order valence-electron chi connectivity index (χ1n) is 6.26. The van der Waals surface area contributed by atoms with E-state index < -0.39 is 0 Å². The molecule has 3 rings (SSSR count). The Balaban J connectivity index is 2.14. The second kappa shape index (κ2) is 5.61. The summed E-state index contributed by atoms with van der Waals surface area (Å²) in [6.45, 7) is 2.09. The van der Waals surface area contributed by atoms with Crippen LogP contribution in [-0.2, 0) is 0 Å². The smallest absolute Gasteiger partial charge is 0.0984 e. The Kier molecular flexibility index (Phi) is 3.85. The number of hydrogen-bond acceptors (Lipinski definition) is 4. The summed E-state index contributed by atoms with van der Waals surface area (Å²) in [5.74, 6) is 5.75. The molecule has 0 radical (unpaired) electrons. The number of aromatic nitrogens is 1. The minimum Gasteiger partial charge on any atom is -0.270 e. The minimum atomic E-state index is -0.104. The van der Waals surface area contributed by atoms with Crippen LogP contribution >= 0.6 is 27.3 Å². The van der Waals surface area contributed by atoms with E-state index in [1.54, 1.807) is 11.3 Å². The van der Waals surface area contributed by atoms with Gasteiger partial charge >= 0.3 is 0 Å². The van der Waals surface area contributed by atoms with E-state index in [9.17, 15) is 0 Å². The number of para-hydroxylation sites is 1. The zero-order chi connectivity index (χ0) is 14.1. The van der Waals surface area contributed by atoms with E-state index in [2.05, 4.69) is 52.5 Å². The maximum Gasteiger partial charge on any atom is 0.0984 e. The lowest BCUT2D eigenvalue weighted by Crippen LogP contribution is -2.29. The number of halogens is 1. The molecule has 0 saturated heterocycles. The first kappa shape index (κ1) is 13.7. The number of rotatable bonds is 3. The van der Waals surface area contributed by atoms with Crippen LogP contribution in [0.15, 0.2) is 46.9 Å². The van der Waals surface area contributed by atoms with E-state index >= 15 is 0 Å². The molecule has 1 atom stereocenters. The Bertz CT molecular complexity index is 754. The number of fused-ring (bicyclic) bond motifs is 1. The highest BCUT2D eigenvalue weighted by atomic mass is 79.9. The summed E-state index contributed by atoms with van der Waals surface area (Å²) in [5.41, 5.74) is 4.75. The number of aryl methyl sites for hydroxylation is 1. The number of thiophene rings is 1. The van der Waals surface area contributed by atoms with Gasteiger partial charge in [0.15, 0.2) is 0 Å². The van der Waals surface area contributed by atoms with Gasteiger partial charge < -0.3 is 0 Å². The first-order chi connectivity index (χ1) is 9.69. The Morgan fingerprint density at radius 1 is 1.25 bits per heavy atom. The highest BCUT2D eigenvalue weighted by molar-refractivity contribution is 9.10. The van der Waals surface area contributed by atoms with Crippen molar-refractivity contribution in [3.63, 3.8) is 0 Å². The second-order valence-corrected chi connectivity index (χ2v) is 6.77. The van der Waals surface area contributed by atoms with Crippen LogP contribution in [0.3, 0.4) is 0 Å². The molecular weight excluding hydrogens is 334 g/mol. The monoisotopic (exact) mass is 347 g/mol. The van der Waals surface area contributed by atoms with Crippen molar-refractivity contribution in [2.75, 3.05) is 0 Å². The molecule has 5 heteroatoms. The van der Waals surface area contributed by atoms with Crippen LogP contribution in [0, 0.1) is 6.92 Å². The van der Waals surface area contributed by atoms with Crippen molar-refractivity contribution in [2.24, 2.45) is 5.84 Å². The number of nitrogens with two attached hydrogens (primary N) is 1. The molecule has 3 aromatic rings. The van der Waals surface area contributed by atoms with Gasteiger partial charge in [0.25, 0.3) is 0 Å². The summed E-state index contributed by atoms with van der Waals surface area (Å²) in [6, 6.07) is 14.2. The van der Waals surface area contributed by atoms with E-state index in [0.29, 0.717) is 0 Å². The normalized spacial score (nSPS) is 12.8. The molecule has 0 fully saturated rings. The van der Waals surface area contributed by atoms with Gasteiger partial charge in [0.05, 0.1) is 17.3 Å². The molecule has 0 bridgehead atoms. The molecule has 2 aromatic heterocycles. The summed E-state index contributed by atoms with van der Waals surface area (Å²) < 4.78 is 0.963. The van der Waals surface area contributed by atoms with Crippen molar-refractivity contribution in [1.29, 1.82) is 0 Å². The van der Waals surface area contributed by atoms with Crippen molar-refractivity contribution in [3.05, 3.63) is 62.4 Å². The fraction of sp³-hybridized carbons (Fsp3) is 0.133. The van der Waals surface area contributed by atoms with Crippen LogP contribution in [0.2, 0.25) is 0 Å². The quantitative estimate of drug-likeness (QED) is 0.557. The van der Waals surface area contributed by atoms with Gasteiger partial charge in [0, 0.05) is 19.6 Å². The summed E-state index contributed by atoms with van der Waals surface area (Å²) >= 11 is 5.34. The number of nitrogens with one attached hydrogen (secondary N) is 1. The molecule has 0 spiro atoms. The summed E-state index contributed by atoms with van der Waals surface area (Å²) in [7, 11) is 0. The van der Waals surface area contributed by atoms with E-state index in [1.165, 1.54) is 4.88 Å². The van der Waals surface area contributed by atoms with Gasteiger partial charge in [-0.3, -0.25) is 5.84 Å². The number of hydrazine groups is 1. The molecule has 0 aliphatic heterocycles. The SMILES string of the molecule is Cc1ccc(C(NN)c2nc3ccccc3cc2Br)s1. The third-order valence-corrected chi connectivity index (χ3v) is 4.89. The van der Waals surface area contributed by atoms with Gasteiger partial charge in [0.2, 0.25) is 0 Å². The Labute approximate surface area is 129 Å². The van der Waals surface area contributed by atoms with Gasteiger partial charge in [-0.15, -0.1) is 11.3 Å². The van der Waals surface area contributed by atoms with E-state index in [-0.39, 0.29) is 6.04 Å². The standard InChI is InChI=1S/C15H14BrN3S/c1-9-6-7-13(20-9)15(19-17)14-11(16)8-10-4-2-3-5-12(10)18-14/h2-8,15,19H,17H2,1H3. The molecule has 0 aliphatic carbocycles. The van der Waals surface area contributed by atoms with Crippen LogP contribution in [0.5, 0.6) is 0 Å². The zero-order valence-corrected chi connectivity index (χ0v) is 13.3. The molecule has 3 nitrogen and oxygen atoms in total. The largest absolute Gasteiger partial charge is 0.270 e. The fourth-order valence-corrected chi connectivity index (χ4v) is 3.72. The van der Waals surface area contributed by atoms with Crippen molar-refractivity contribution >= 4 is 38.2 Å². The van der Waals surface area contributed by atoms with Crippen LogP contribution in [0.25, 0.3) is 10.9 Å². The van der Waals surface area contributed by atoms with Crippen LogP contribution in [0.1, 0.15) is 21.5 Å². The molecule has 1 unspecified atom stereocenters. The van der Waals surface area contributed by atoms with Gasteiger partial charge in [-0.1, -0.05) is 18.2 Å². The Morgan fingerprint density at radius 2 is 2.05 bits per heavy atom. The van der Waals surface area contributed by atoms with E-state index in [0.717, 1.165) is 25.9 Å². The zero-order valence-electron chi connectivity index (χ0n) is 10.9. The van der Waals surface area contributed by atoms with Crippen LogP contribution in [-0.4, -0.2) is 4.98 Å². The van der Waals surface area contributed by atoms with Crippen molar-refractivity contribution in [1.82, 2.24) is 10.4 Å². The van der Waals surface area contributed by atoms with Crippen molar-refractivity contribution in [3.8, 4) is 0 Å². The van der Waals surface area contributed by atoms with Gasteiger partial charge in [-0.05, 0) is 47.1 Å². The van der Waals surface area contributed by atoms with Crippen LogP contribution < -0.4 is 11.3 Å². The Hall–Kier alpha value is -1.27. The molecule has 3 N–H and O–H groups in total. The lowest BCUT2D eigenvalue weighted by Gasteiger charge is -2.16. The molecule has 0 aliphatic rings. The number of nitrogens with zero attached hydrogens (tertiary/aromatic N) is 1. The maximum absolute atomic E-state index is 5.75. The van der Waals surface area contributed by atoms with Crippen molar-refractivity contribution < 1.29 is 0 Å². The lowest BCUT2D eigenvalue weighted by molar-refractivity contribution is 0.629. The molecular formula is C15H14BrN3S. The second-order valence-electron chi connectivity index (χ2n) is 4.60. The van der Waals surface area contributed by atoms with Gasteiger partial charge in [0.1, 0.15) is 0 Å². The molecule has 0 amide bonds. The first-order valence-corrected chi connectivity index (χ1v) is 7.87. The summed E-state index contributed by atoms with van der Waals surface area (Å²) in [5, 5.41) is 1.11. The lowest BCUT2D eigenvalue weighted by atomic mass is 10.1. The Morgan fingerprint density at radius 3 is 2.75 bits per heavy atom. The van der Waals surface area contributed by atoms with Crippen molar-refractivity contribution in [2.45, 2.75) is 13.0 Å². The molecule has 102 valence electrons. The van der Waals surface area contributed by atoms with E-state index in [1.807, 2.05) is 18.2 Å². The fourth-order valence-electron chi connectivity index (χ4n) is 2.21. The molecule has 2 heterocycles. The third-order valence-electron chi connectivity index (χ3n) is 3.19.